The summed E-state index contributed by atoms with van der Waals surface area (Å²) < 4.78 is 15.9. The van der Waals surface area contributed by atoms with Gasteiger partial charge in [0.25, 0.3) is 0 Å². The Bertz CT molecular complexity index is 514. The lowest BCUT2D eigenvalue weighted by Gasteiger charge is -2.11. The molecule has 1 aromatic rings. The highest BCUT2D eigenvalue weighted by molar-refractivity contribution is 6.09. The molecule has 1 aromatic carbocycles. The van der Waals surface area contributed by atoms with Crippen molar-refractivity contribution in [2.75, 3.05) is 14.2 Å². The van der Waals surface area contributed by atoms with Crippen LogP contribution in [0.15, 0.2) is 23.2 Å². The molecule has 1 aliphatic rings. The molecule has 0 saturated carbocycles. The van der Waals surface area contributed by atoms with Crippen LogP contribution in [0, 0.1) is 5.92 Å². The van der Waals surface area contributed by atoms with Gasteiger partial charge in [0.2, 0.25) is 5.90 Å². The fourth-order valence-electron chi connectivity index (χ4n) is 2.16. The van der Waals surface area contributed by atoms with E-state index in [0.29, 0.717) is 29.4 Å². The third-order valence-electron chi connectivity index (χ3n) is 3.08. The van der Waals surface area contributed by atoms with Crippen molar-refractivity contribution in [2.24, 2.45) is 10.9 Å². The van der Waals surface area contributed by atoms with Gasteiger partial charge in [-0.1, -0.05) is 19.9 Å². The normalized spacial score (nSPS) is 17.9. The van der Waals surface area contributed by atoms with E-state index < -0.39 is 6.04 Å². The Morgan fingerprint density at radius 3 is 2.35 bits per heavy atom. The second kappa shape index (κ2) is 5.94. The van der Waals surface area contributed by atoms with Crippen molar-refractivity contribution in [3.63, 3.8) is 0 Å². The number of carbonyl (C=O) groups is 1. The quantitative estimate of drug-likeness (QED) is 0.776. The Morgan fingerprint density at radius 2 is 1.85 bits per heavy atom. The zero-order valence-electron chi connectivity index (χ0n) is 12.2. The van der Waals surface area contributed by atoms with E-state index in [2.05, 4.69) is 4.99 Å². The predicted molar refractivity (Wildman–Crippen MR) is 75.4 cm³/mol. The molecule has 20 heavy (non-hydrogen) atoms. The second-order valence-corrected chi connectivity index (χ2v) is 5.04. The first-order valence-corrected chi connectivity index (χ1v) is 6.57. The standard InChI is InChI=1S/C15H19NO4/c1-9(2)8-10-15(17)20-14(16-10)13-11(18-3)6-5-7-12(13)19-4/h5-7,9-10H,8H2,1-4H3. The minimum atomic E-state index is -0.445. The third kappa shape index (κ3) is 2.76. The van der Waals surface area contributed by atoms with Crippen molar-refractivity contribution in [2.45, 2.75) is 26.3 Å². The average Bonchev–Trinajstić information content (AvgIpc) is 2.78. The number of benzene rings is 1. The van der Waals surface area contributed by atoms with Crippen LogP contribution in [-0.2, 0) is 9.53 Å². The second-order valence-electron chi connectivity index (χ2n) is 5.04. The van der Waals surface area contributed by atoms with Crippen LogP contribution in [0.2, 0.25) is 0 Å². The van der Waals surface area contributed by atoms with Crippen LogP contribution in [-0.4, -0.2) is 32.1 Å². The molecule has 0 saturated heterocycles. The number of nitrogens with zero attached hydrogens (tertiary/aromatic N) is 1. The molecule has 0 amide bonds. The molecular formula is C15H19NO4. The summed E-state index contributed by atoms with van der Waals surface area (Å²) in [5.74, 6) is 1.47. The molecule has 0 aliphatic carbocycles. The van der Waals surface area contributed by atoms with Gasteiger partial charge in [0.1, 0.15) is 17.1 Å². The van der Waals surface area contributed by atoms with E-state index in [4.69, 9.17) is 14.2 Å². The molecule has 1 aliphatic heterocycles. The number of aliphatic imine (C=N–C) groups is 1. The summed E-state index contributed by atoms with van der Waals surface area (Å²) in [7, 11) is 3.11. The highest BCUT2D eigenvalue weighted by Crippen LogP contribution is 2.32. The van der Waals surface area contributed by atoms with E-state index in [0.717, 1.165) is 0 Å². The molecule has 0 radical (unpaired) electrons. The van der Waals surface area contributed by atoms with Crippen molar-refractivity contribution in [1.29, 1.82) is 0 Å². The maximum Gasteiger partial charge on any atom is 0.337 e. The van der Waals surface area contributed by atoms with Crippen molar-refractivity contribution in [1.82, 2.24) is 0 Å². The van der Waals surface area contributed by atoms with Gasteiger partial charge in [0.05, 0.1) is 14.2 Å². The number of carbonyl (C=O) groups excluding carboxylic acids is 1. The van der Waals surface area contributed by atoms with E-state index in [9.17, 15) is 4.79 Å². The lowest BCUT2D eigenvalue weighted by atomic mass is 10.1. The highest BCUT2D eigenvalue weighted by Gasteiger charge is 2.33. The third-order valence-corrected chi connectivity index (χ3v) is 3.08. The lowest BCUT2D eigenvalue weighted by Crippen LogP contribution is -2.17. The zero-order chi connectivity index (χ0) is 14.7. The Hall–Kier alpha value is -2.04. The Labute approximate surface area is 118 Å². The van der Waals surface area contributed by atoms with E-state index in [-0.39, 0.29) is 11.9 Å². The maximum absolute atomic E-state index is 11.9. The van der Waals surface area contributed by atoms with Gasteiger partial charge < -0.3 is 14.2 Å². The molecule has 0 bridgehead atoms. The summed E-state index contributed by atoms with van der Waals surface area (Å²) in [4.78, 5) is 16.3. The fourth-order valence-corrected chi connectivity index (χ4v) is 2.16. The first-order valence-electron chi connectivity index (χ1n) is 6.57. The molecular weight excluding hydrogens is 258 g/mol. The van der Waals surface area contributed by atoms with Crippen LogP contribution in [0.3, 0.4) is 0 Å². The highest BCUT2D eigenvalue weighted by atomic mass is 16.6. The van der Waals surface area contributed by atoms with Crippen molar-refractivity contribution < 1.29 is 19.0 Å². The monoisotopic (exact) mass is 277 g/mol. The van der Waals surface area contributed by atoms with Gasteiger partial charge in [-0.2, -0.15) is 0 Å². The lowest BCUT2D eigenvalue weighted by molar-refractivity contribution is -0.135. The number of rotatable bonds is 5. The molecule has 0 N–H and O–H groups in total. The number of esters is 1. The molecule has 108 valence electrons. The molecule has 0 aromatic heterocycles. The fraction of sp³-hybridized carbons (Fsp3) is 0.467. The maximum atomic E-state index is 11.9. The van der Waals surface area contributed by atoms with Crippen molar-refractivity contribution >= 4 is 11.9 Å². The number of ether oxygens (including phenoxy) is 3. The minimum absolute atomic E-state index is 0.273. The average molecular weight is 277 g/mol. The summed E-state index contributed by atoms with van der Waals surface area (Å²) in [5, 5.41) is 0. The SMILES string of the molecule is COc1cccc(OC)c1C1=NC(CC(C)C)C(=O)O1. The smallest absolute Gasteiger partial charge is 0.337 e. The Morgan fingerprint density at radius 1 is 1.25 bits per heavy atom. The Kier molecular flexibility index (Phi) is 4.27. The first-order chi connectivity index (χ1) is 9.56. The van der Waals surface area contributed by atoms with E-state index in [1.165, 1.54) is 0 Å². The van der Waals surface area contributed by atoms with Gasteiger partial charge in [-0.05, 0) is 24.5 Å². The van der Waals surface area contributed by atoms with E-state index in [1.807, 2.05) is 19.9 Å². The summed E-state index contributed by atoms with van der Waals surface area (Å²) in [6.07, 6.45) is 0.666. The van der Waals surface area contributed by atoms with Gasteiger partial charge in [0, 0.05) is 0 Å². The van der Waals surface area contributed by atoms with Crippen LogP contribution in [0.25, 0.3) is 0 Å². The molecule has 2 rings (SSSR count). The first kappa shape index (κ1) is 14.4. The van der Waals surface area contributed by atoms with Crippen molar-refractivity contribution in [3.05, 3.63) is 23.8 Å². The van der Waals surface area contributed by atoms with Gasteiger partial charge in [0.15, 0.2) is 6.04 Å². The minimum Gasteiger partial charge on any atom is -0.496 e. The largest absolute Gasteiger partial charge is 0.496 e. The molecule has 0 spiro atoms. The molecule has 1 atom stereocenters. The summed E-state index contributed by atoms with van der Waals surface area (Å²) in [6.45, 7) is 4.09. The number of hydrogen-bond donors (Lipinski definition) is 0. The number of hydrogen-bond acceptors (Lipinski definition) is 5. The van der Waals surface area contributed by atoms with Gasteiger partial charge in [-0.15, -0.1) is 0 Å². The van der Waals surface area contributed by atoms with E-state index in [1.54, 1.807) is 26.4 Å². The molecule has 0 fully saturated rings. The van der Waals surface area contributed by atoms with Crippen LogP contribution in [0.5, 0.6) is 11.5 Å². The van der Waals surface area contributed by atoms with Crippen LogP contribution in [0.1, 0.15) is 25.8 Å². The van der Waals surface area contributed by atoms with Crippen LogP contribution < -0.4 is 9.47 Å². The van der Waals surface area contributed by atoms with E-state index >= 15 is 0 Å². The summed E-state index contributed by atoms with van der Waals surface area (Å²) >= 11 is 0. The molecule has 5 nitrogen and oxygen atoms in total. The molecule has 5 heteroatoms. The summed E-state index contributed by atoms with van der Waals surface area (Å²) in [5.41, 5.74) is 0.581. The molecule has 1 heterocycles. The predicted octanol–water partition coefficient (Wildman–Crippen LogP) is 2.42. The van der Waals surface area contributed by atoms with Crippen LogP contribution in [0.4, 0.5) is 0 Å². The Balaban J connectivity index is 2.39. The topological polar surface area (TPSA) is 57.1 Å². The number of methoxy groups -OCH3 is 2. The number of cyclic esters (lactones) is 1. The van der Waals surface area contributed by atoms with Gasteiger partial charge in [-0.3, -0.25) is 0 Å². The van der Waals surface area contributed by atoms with Gasteiger partial charge >= 0.3 is 5.97 Å². The summed E-state index contributed by atoms with van der Waals surface area (Å²) in [6, 6.07) is 4.93. The molecule has 1 unspecified atom stereocenters. The van der Waals surface area contributed by atoms with Crippen molar-refractivity contribution in [3.8, 4) is 11.5 Å². The van der Waals surface area contributed by atoms with Crippen LogP contribution >= 0.6 is 0 Å². The van der Waals surface area contributed by atoms with Gasteiger partial charge in [-0.25, -0.2) is 9.79 Å². The zero-order valence-corrected chi connectivity index (χ0v) is 12.2.